The molecular formula is C28H34F2N6O2. The Morgan fingerprint density at radius 3 is 2.63 bits per heavy atom. The van der Waals surface area contributed by atoms with Gasteiger partial charge < -0.3 is 15.5 Å². The summed E-state index contributed by atoms with van der Waals surface area (Å²) in [5, 5.41) is 5.16. The van der Waals surface area contributed by atoms with E-state index in [1.54, 1.807) is 30.2 Å². The topological polar surface area (TPSA) is 112 Å². The lowest BCUT2D eigenvalue weighted by Gasteiger charge is -2.35. The van der Waals surface area contributed by atoms with Crippen LogP contribution in [0.25, 0.3) is 33.5 Å². The Hall–Kier alpha value is -3.40. The van der Waals surface area contributed by atoms with Crippen LogP contribution in [0, 0.1) is 23.7 Å². The fourth-order valence-corrected chi connectivity index (χ4v) is 5.84. The monoisotopic (exact) mass is 524 g/mol. The third kappa shape index (κ3) is 4.89. The maximum Gasteiger partial charge on any atom is 0.387 e. The molecule has 3 aromatic heterocycles. The van der Waals surface area contributed by atoms with Crippen LogP contribution in [0.15, 0.2) is 30.6 Å². The van der Waals surface area contributed by atoms with E-state index in [0.29, 0.717) is 51.4 Å². The molecule has 1 aliphatic rings. The van der Waals surface area contributed by atoms with Gasteiger partial charge in [-0.2, -0.15) is 13.9 Å². The van der Waals surface area contributed by atoms with Gasteiger partial charge in [0.1, 0.15) is 22.7 Å². The Labute approximate surface area is 220 Å². The Morgan fingerprint density at radius 1 is 1.18 bits per heavy atom. The number of aromatic nitrogens is 5. The van der Waals surface area contributed by atoms with Crippen molar-refractivity contribution in [3.05, 3.63) is 36.2 Å². The van der Waals surface area contributed by atoms with Crippen molar-refractivity contribution in [3.63, 3.8) is 0 Å². The number of hydrogen-bond donors (Lipinski definition) is 2. The summed E-state index contributed by atoms with van der Waals surface area (Å²) in [7, 11) is 1.76. The second-order valence-corrected chi connectivity index (χ2v) is 10.7. The summed E-state index contributed by atoms with van der Waals surface area (Å²) in [6.45, 7) is 3.47. The number of nitrogens with two attached hydrogens (primary N) is 1. The number of Topliss-reactive ketones (excluding diaryl/α,β-unsaturated/α-hetero) is 1. The molecule has 1 fully saturated rings. The zero-order chi connectivity index (χ0) is 27.1. The molecule has 0 aliphatic heterocycles. The van der Waals surface area contributed by atoms with E-state index in [1.807, 2.05) is 6.92 Å². The smallest absolute Gasteiger partial charge is 0.387 e. The van der Waals surface area contributed by atoms with E-state index in [2.05, 4.69) is 33.7 Å². The lowest BCUT2D eigenvalue weighted by molar-refractivity contribution is -0.0497. The largest absolute Gasteiger partial charge is 0.435 e. The molecule has 1 aromatic carbocycles. The summed E-state index contributed by atoms with van der Waals surface area (Å²) in [4.78, 5) is 26.0. The SMILES string of the molecule is CC(C(=O)c1c[nH]c2ncc(-c3nn(C)c4ccc(OC(F)F)cc34)nc12)C(C)[C@@H](C)C1CCC(N)CC1. The molecule has 0 spiro atoms. The first kappa shape index (κ1) is 26.2. The number of alkyl halides is 2. The molecule has 2 unspecified atom stereocenters. The maximum absolute atomic E-state index is 13.7. The van der Waals surface area contributed by atoms with Crippen molar-refractivity contribution >= 4 is 27.9 Å². The number of ether oxygens (including phenoxy) is 1. The molecule has 8 nitrogen and oxygen atoms in total. The summed E-state index contributed by atoms with van der Waals surface area (Å²) in [6, 6.07) is 4.96. The van der Waals surface area contributed by atoms with Gasteiger partial charge >= 0.3 is 6.61 Å². The average Bonchev–Trinajstić information content (AvgIpc) is 3.47. The summed E-state index contributed by atoms with van der Waals surface area (Å²) in [5.41, 5.74) is 9.22. The predicted octanol–water partition coefficient (Wildman–Crippen LogP) is 5.72. The van der Waals surface area contributed by atoms with E-state index < -0.39 is 6.61 Å². The highest BCUT2D eigenvalue weighted by atomic mass is 19.3. The van der Waals surface area contributed by atoms with Crippen molar-refractivity contribution < 1.29 is 18.3 Å². The van der Waals surface area contributed by atoms with Crippen molar-refractivity contribution in [3.8, 4) is 17.1 Å². The number of rotatable bonds is 8. The lowest BCUT2D eigenvalue weighted by atomic mass is 9.70. The van der Waals surface area contributed by atoms with E-state index in [1.165, 1.54) is 12.1 Å². The van der Waals surface area contributed by atoms with Gasteiger partial charge in [0.05, 0.1) is 17.3 Å². The highest BCUT2D eigenvalue weighted by Gasteiger charge is 2.33. The van der Waals surface area contributed by atoms with Crippen LogP contribution in [-0.4, -0.2) is 43.2 Å². The maximum atomic E-state index is 13.7. The molecule has 202 valence electrons. The van der Waals surface area contributed by atoms with Crippen LogP contribution in [0.3, 0.4) is 0 Å². The van der Waals surface area contributed by atoms with E-state index in [9.17, 15) is 13.6 Å². The van der Waals surface area contributed by atoms with Gasteiger partial charge in [-0.3, -0.25) is 9.48 Å². The number of carbonyl (C=O) groups is 1. The van der Waals surface area contributed by atoms with Gasteiger partial charge in [-0.05, 0) is 61.6 Å². The molecule has 0 saturated heterocycles. The van der Waals surface area contributed by atoms with Crippen LogP contribution < -0.4 is 10.5 Å². The van der Waals surface area contributed by atoms with Crippen molar-refractivity contribution in [2.75, 3.05) is 0 Å². The predicted molar refractivity (Wildman–Crippen MR) is 142 cm³/mol. The number of ketones is 1. The Balaban J connectivity index is 1.45. The number of halogens is 2. The van der Waals surface area contributed by atoms with Crippen molar-refractivity contribution in [2.24, 2.45) is 36.5 Å². The normalized spacial score (nSPS) is 20.6. The number of fused-ring (bicyclic) bond motifs is 2. The first-order chi connectivity index (χ1) is 18.1. The molecule has 1 aliphatic carbocycles. The van der Waals surface area contributed by atoms with E-state index in [0.717, 1.165) is 31.2 Å². The Morgan fingerprint density at radius 2 is 1.92 bits per heavy atom. The van der Waals surface area contributed by atoms with Gasteiger partial charge in [0.15, 0.2) is 11.4 Å². The zero-order valence-corrected chi connectivity index (χ0v) is 22.1. The number of nitrogens with zero attached hydrogens (tertiary/aromatic N) is 4. The molecule has 0 bridgehead atoms. The van der Waals surface area contributed by atoms with Crippen LogP contribution in [0.2, 0.25) is 0 Å². The molecule has 5 rings (SSSR count). The molecule has 4 aromatic rings. The number of H-pyrrole nitrogens is 1. The van der Waals surface area contributed by atoms with Crippen molar-refractivity contribution in [1.82, 2.24) is 24.7 Å². The van der Waals surface area contributed by atoms with Crippen molar-refractivity contribution in [2.45, 2.75) is 59.1 Å². The molecule has 0 amide bonds. The van der Waals surface area contributed by atoms with Gasteiger partial charge in [-0.15, -0.1) is 0 Å². The average molecular weight is 525 g/mol. The van der Waals surface area contributed by atoms with Crippen molar-refractivity contribution in [1.29, 1.82) is 0 Å². The minimum Gasteiger partial charge on any atom is -0.435 e. The molecule has 3 heterocycles. The molecule has 3 N–H and O–H groups in total. The molecule has 0 radical (unpaired) electrons. The van der Waals surface area contributed by atoms with Crippen LogP contribution in [0.5, 0.6) is 5.75 Å². The summed E-state index contributed by atoms with van der Waals surface area (Å²) >= 11 is 0. The van der Waals surface area contributed by atoms with E-state index in [-0.39, 0.29) is 23.4 Å². The lowest BCUT2D eigenvalue weighted by Crippen LogP contribution is -2.33. The second-order valence-electron chi connectivity index (χ2n) is 10.7. The number of aryl methyl sites for hydroxylation is 1. The van der Waals surface area contributed by atoms with Gasteiger partial charge in [-0.25, -0.2) is 9.97 Å². The number of carbonyl (C=O) groups excluding carboxylic acids is 1. The van der Waals surface area contributed by atoms with Gasteiger partial charge in [-0.1, -0.05) is 20.8 Å². The third-order valence-electron chi connectivity index (χ3n) is 8.53. The zero-order valence-electron chi connectivity index (χ0n) is 22.1. The van der Waals surface area contributed by atoms with Crippen LogP contribution >= 0.6 is 0 Å². The molecule has 1 saturated carbocycles. The fourth-order valence-electron chi connectivity index (χ4n) is 5.84. The summed E-state index contributed by atoms with van der Waals surface area (Å²) in [6.07, 6.45) is 7.55. The number of benzene rings is 1. The molecule has 38 heavy (non-hydrogen) atoms. The fraction of sp³-hybridized carbons (Fsp3) is 0.500. The quantitative estimate of drug-likeness (QED) is 0.285. The molecular weight excluding hydrogens is 490 g/mol. The summed E-state index contributed by atoms with van der Waals surface area (Å²) in [5.74, 6) is 1.02. The second kappa shape index (κ2) is 10.4. The minimum absolute atomic E-state index is 0.0214. The Kier molecular flexibility index (Phi) is 7.17. The molecule has 3 atom stereocenters. The first-order valence-electron chi connectivity index (χ1n) is 13.2. The first-order valence-corrected chi connectivity index (χ1v) is 13.2. The number of nitrogens with one attached hydrogen (secondary N) is 1. The van der Waals surface area contributed by atoms with E-state index in [4.69, 9.17) is 10.7 Å². The number of hydrogen-bond acceptors (Lipinski definition) is 6. The van der Waals surface area contributed by atoms with Gasteiger partial charge in [0.2, 0.25) is 0 Å². The van der Waals surface area contributed by atoms with E-state index >= 15 is 0 Å². The third-order valence-corrected chi connectivity index (χ3v) is 8.53. The standard InChI is InChI=1S/C28H34F2N6O2/c1-14(15(2)17-5-7-18(31)8-6-17)16(3)26(37)21-12-32-27-25(21)34-22(13-33-27)24-20-11-19(38-28(29)30)9-10-23(20)36(4)35-24/h9-18,28H,5-8,31H2,1-4H3,(H,32,33)/t14?,15-,16?,17?,18?/m1/s1. The Bertz CT molecular complexity index is 1460. The van der Waals surface area contributed by atoms with Gasteiger partial charge in [0, 0.05) is 30.6 Å². The highest BCUT2D eigenvalue weighted by Crippen LogP contribution is 2.37. The van der Waals surface area contributed by atoms with Crippen LogP contribution in [-0.2, 0) is 7.05 Å². The number of aromatic amines is 1. The minimum atomic E-state index is -2.93. The van der Waals surface area contributed by atoms with Crippen LogP contribution in [0.4, 0.5) is 8.78 Å². The highest BCUT2D eigenvalue weighted by molar-refractivity contribution is 6.07. The molecule has 10 heteroatoms. The summed E-state index contributed by atoms with van der Waals surface area (Å²) < 4.78 is 31.8. The van der Waals surface area contributed by atoms with Gasteiger partial charge in [0.25, 0.3) is 0 Å². The van der Waals surface area contributed by atoms with Crippen LogP contribution in [0.1, 0.15) is 56.8 Å².